The first-order chi connectivity index (χ1) is 6.45. The number of rotatable bonds is 2. The molecule has 0 amide bonds. The highest BCUT2D eigenvalue weighted by molar-refractivity contribution is 9.09. The van der Waals surface area contributed by atoms with Crippen LogP contribution in [-0.2, 0) is 5.41 Å². The fraction of sp³-hybridized carbons (Fsp3) is 0.500. The number of hydrogen-bond acceptors (Lipinski definition) is 0. The van der Waals surface area contributed by atoms with Gasteiger partial charge in [0.25, 0.3) is 0 Å². The maximum Gasteiger partial charge on any atom is 0.135 e. The second-order valence-corrected chi connectivity index (χ2v) is 5.14. The van der Waals surface area contributed by atoms with Gasteiger partial charge < -0.3 is 0 Å². The summed E-state index contributed by atoms with van der Waals surface area (Å²) in [6.45, 7) is 6.46. The van der Waals surface area contributed by atoms with E-state index in [2.05, 4.69) is 36.7 Å². The van der Waals surface area contributed by atoms with Gasteiger partial charge in [0.15, 0.2) is 0 Å². The van der Waals surface area contributed by atoms with Crippen molar-refractivity contribution in [1.82, 2.24) is 0 Å². The smallest absolute Gasteiger partial charge is 0.135 e. The Morgan fingerprint density at radius 1 is 1.21 bits per heavy atom. The van der Waals surface area contributed by atoms with E-state index >= 15 is 0 Å². The molecule has 1 rings (SSSR count). The lowest BCUT2D eigenvalue weighted by Gasteiger charge is -2.19. The summed E-state index contributed by atoms with van der Waals surface area (Å²) in [5, 5.41) is 0.363. The van der Waals surface area contributed by atoms with Gasteiger partial charge in [-0.2, -0.15) is 0 Å². The van der Waals surface area contributed by atoms with Gasteiger partial charge in [0.2, 0.25) is 0 Å². The van der Waals surface area contributed by atoms with Gasteiger partial charge in [-0.3, -0.25) is 0 Å². The molecule has 14 heavy (non-hydrogen) atoms. The van der Waals surface area contributed by atoms with Crippen molar-refractivity contribution in [3.8, 4) is 0 Å². The van der Waals surface area contributed by atoms with Gasteiger partial charge in [-0.1, -0.05) is 61.0 Å². The van der Waals surface area contributed by atoms with E-state index < -0.39 is 6.17 Å². The van der Waals surface area contributed by atoms with E-state index in [1.54, 1.807) is 0 Å². The minimum Gasteiger partial charge on any atom is -0.241 e. The van der Waals surface area contributed by atoms with Crippen molar-refractivity contribution in [2.24, 2.45) is 0 Å². The van der Waals surface area contributed by atoms with Crippen molar-refractivity contribution in [1.29, 1.82) is 0 Å². The maximum atomic E-state index is 13.2. The molecule has 1 aromatic carbocycles. The fourth-order valence-corrected chi connectivity index (χ4v) is 1.65. The van der Waals surface area contributed by atoms with Crippen LogP contribution in [0.4, 0.5) is 4.39 Å². The highest BCUT2D eigenvalue weighted by atomic mass is 79.9. The van der Waals surface area contributed by atoms with Crippen LogP contribution in [0.3, 0.4) is 0 Å². The number of halogens is 2. The third-order valence-corrected chi connectivity index (χ3v) is 2.84. The normalized spacial score (nSPS) is 14.1. The van der Waals surface area contributed by atoms with Gasteiger partial charge in [-0.05, 0) is 16.5 Å². The van der Waals surface area contributed by atoms with Crippen molar-refractivity contribution in [3.05, 3.63) is 35.4 Å². The molecule has 0 aliphatic carbocycles. The van der Waals surface area contributed by atoms with E-state index in [0.29, 0.717) is 5.33 Å². The Bertz CT molecular complexity index is 284. The molecule has 0 aliphatic heterocycles. The van der Waals surface area contributed by atoms with Crippen LogP contribution in [0.15, 0.2) is 24.3 Å². The van der Waals surface area contributed by atoms with Gasteiger partial charge in [0, 0.05) is 5.33 Å². The Balaban J connectivity index is 2.89. The van der Waals surface area contributed by atoms with Crippen LogP contribution in [0.1, 0.15) is 38.1 Å². The lowest BCUT2D eigenvalue weighted by Crippen LogP contribution is -2.10. The van der Waals surface area contributed by atoms with E-state index in [-0.39, 0.29) is 5.41 Å². The van der Waals surface area contributed by atoms with Gasteiger partial charge in [0.05, 0.1) is 0 Å². The molecule has 0 aromatic heterocycles. The molecule has 0 N–H and O–H groups in total. The van der Waals surface area contributed by atoms with Crippen molar-refractivity contribution in [3.63, 3.8) is 0 Å². The van der Waals surface area contributed by atoms with Crippen molar-refractivity contribution < 1.29 is 4.39 Å². The monoisotopic (exact) mass is 258 g/mol. The lowest BCUT2D eigenvalue weighted by atomic mass is 9.86. The zero-order valence-corrected chi connectivity index (χ0v) is 10.4. The summed E-state index contributed by atoms with van der Waals surface area (Å²) in [4.78, 5) is 0. The van der Waals surface area contributed by atoms with Crippen molar-refractivity contribution >= 4 is 15.9 Å². The summed E-state index contributed by atoms with van der Waals surface area (Å²) in [5.74, 6) is 0. The molecule has 0 spiro atoms. The second kappa shape index (κ2) is 4.43. The summed E-state index contributed by atoms with van der Waals surface area (Å²) in [6, 6.07) is 7.74. The molecular weight excluding hydrogens is 243 g/mol. The molecule has 1 aromatic rings. The minimum absolute atomic E-state index is 0.138. The van der Waals surface area contributed by atoms with Crippen LogP contribution in [0.5, 0.6) is 0 Å². The zero-order valence-electron chi connectivity index (χ0n) is 8.85. The predicted molar refractivity (Wildman–Crippen MR) is 62.8 cm³/mol. The standard InChI is InChI=1S/C12H16BrF/c1-12(2,3)10-6-4-9(5-7-10)11(14)8-13/h4-7,11H,8H2,1-3H3. The van der Waals surface area contributed by atoms with E-state index in [0.717, 1.165) is 5.56 Å². The van der Waals surface area contributed by atoms with E-state index in [1.165, 1.54) is 5.56 Å². The summed E-state index contributed by atoms with van der Waals surface area (Å²) >= 11 is 3.13. The molecule has 0 heterocycles. The van der Waals surface area contributed by atoms with E-state index in [4.69, 9.17) is 0 Å². The molecule has 0 saturated heterocycles. The van der Waals surface area contributed by atoms with Gasteiger partial charge in [0.1, 0.15) is 6.17 Å². The molecule has 0 nitrogen and oxygen atoms in total. The van der Waals surface area contributed by atoms with Gasteiger partial charge in [-0.25, -0.2) is 4.39 Å². The lowest BCUT2D eigenvalue weighted by molar-refractivity contribution is 0.382. The first kappa shape index (κ1) is 11.7. The zero-order chi connectivity index (χ0) is 10.8. The molecule has 0 fully saturated rings. The van der Waals surface area contributed by atoms with Gasteiger partial charge >= 0.3 is 0 Å². The first-order valence-electron chi connectivity index (χ1n) is 4.75. The molecule has 0 saturated carbocycles. The quantitative estimate of drug-likeness (QED) is 0.691. The highest BCUT2D eigenvalue weighted by Gasteiger charge is 2.14. The number of hydrogen-bond donors (Lipinski definition) is 0. The van der Waals surface area contributed by atoms with Crippen LogP contribution in [0, 0.1) is 0 Å². The van der Waals surface area contributed by atoms with E-state index in [1.807, 2.05) is 24.3 Å². The van der Waals surface area contributed by atoms with E-state index in [9.17, 15) is 4.39 Å². The molecule has 1 atom stereocenters. The molecule has 1 unspecified atom stereocenters. The average molecular weight is 259 g/mol. The Morgan fingerprint density at radius 3 is 2.07 bits per heavy atom. The van der Waals surface area contributed by atoms with Crippen molar-refractivity contribution in [2.75, 3.05) is 5.33 Å². The Kier molecular flexibility index (Phi) is 3.71. The van der Waals surface area contributed by atoms with Crippen LogP contribution in [0.2, 0.25) is 0 Å². The summed E-state index contributed by atoms with van der Waals surface area (Å²) in [6.07, 6.45) is -0.899. The van der Waals surface area contributed by atoms with Crippen molar-refractivity contribution in [2.45, 2.75) is 32.4 Å². The summed E-state index contributed by atoms with van der Waals surface area (Å²) < 4.78 is 13.2. The summed E-state index contributed by atoms with van der Waals surface area (Å²) in [5.41, 5.74) is 2.12. The number of benzene rings is 1. The Labute approximate surface area is 93.7 Å². The van der Waals surface area contributed by atoms with Crippen LogP contribution in [0.25, 0.3) is 0 Å². The second-order valence-electron chi connectivity index (χ2n) is 4.49. The predicted octanol–water partition coefficient (Wildman–Crippen LogP) is 4.39. The topological polar surface area (TPSA) is 0 Å². The van der Waals surface area contributed by atoms with Crippen LogP contribution in [-0.4, -0.2) is 5.33 Å². The largest absolute Gasteiger partial charge is 0.241 e. The molecule has 2 heteroatoms. The first-order valence-corrected chi connectivity index (χ1v) is 5.88. The highest BCUT2D eigenvalue weighted by Crippen LogP contribution is 2.25. The molecule has 0 bridgehead atoms. The SMILES string of the molecule is CC(C)(C)c1ccc(C(F)CBr)cc1. The third kappa shape index (κ3) is 2.81. The Morgan fingerprint density at radius 2 is 1.71 bits per heavy atom. The van der Waals surface area contributed by atoms with Crippen LogP contribution < -0.4 is 0 Å². The Hall–Kier alpha value is -0.370. The molecule has 0 radical (unpaired) electrons. The third-order valence-electron chi connectivity index (χ3n) is 2.27. The van der Waals surface area contributed by atoms with Gasteiger partial charge in [-0.15, -0.1) is 0 Å². The molecular formula is C12H16BrF. The number of alkyl halides is 2. The molecule has 78 valence electrons. The fourth-order valence-electron chi connectivity index (χ4n) is 1.28. The van der Waals surface area contributed by atoms with Crippen LogP contribution >= 0.6 is 15.9 Å². The summed E-state index contributed by atoms with van der Waals surface area (Å²) in [7, 11) is 0. The average Bonchev–Trinajstić information content (AvgIpc) is 2.15. The molecule has 0 aliphatic rings. The minimum atomic E-state index is -0.899. The maximum absolute atomic E-state index is 13.2.